The van der Waals surface area contributed by atoms with Crippen LogP contribution in [0.3, 0.4) is 0 Å². The molecule has 0 amide bonds. The van der Waals surface area contributed by atoms with Gasteiger partial charge >= 0.3 is 0 Å². The summed E-state index contributed by atoms with van der Waals surface area (Å²) in [6.07, 6.45) is 1.91. The van der Waals surface area contributed by atoms with E-state index < -0.39 is 0 Å². The molecule has 0 saturated heterocycles. The van der Waals surface area contributed by atoms with E-state index in [-0.39, 0.29) is 0 Å². The average molecular weight is 305 g/mol. The third-order valence-corrected chi connectivity index (χ3v) is 4.90. The summed E-state index contributed by atoms with van der Waals surface area (Å²) in [4.78, 5) is 4.48. The fourth-order valence-corrected chi connectivity index (χ4v) is 2.76. The van der Waals surface area contributed by atoms with Crippen LogP contribution in [0.15, 0.2) is 28.8 Å². The number of hydrogen-bond donors (Lipinski definition) is 1. The second-order valence-electron chi connectivity index (χ2n) is 5.41. The maximum absolute atomic E-state index is 5.71. The summed E-state index contributed by atoms with van der Waals surface area (Å²) in [7, 11) is 0. The van der Waals surface area contributed by atoms with Crippen LogP contribution in [0, 0.1) is 0 Å². The Hall–Kier alpha value is -1.49. The first-order valence-corrected chi connectivity index (χ1v) is 8.41. The van der Waals surface area contributed by atoms with E-state index in [2.05, 4.69) is 43.0 Å². The molecule has 1 heterocycles. The van der Waals surface area contributed by atoms with Crippen molar-refractivity contribution in [2.24, 2.45) is 0 Å². The SMILES string of the molecule is CCC(C)SCc1noc(CC(C)c2ccc(N)cc2)n1. The van der Waals surface area contributed by atoms with E-state index >= 15 is 0 Å². The van der Waals surface area contributed by atoms with Crippen LogP contribution in [0.4, 0.5) is 5.69 Å². The summed E-state index contributed by atoms with van der Waals surface area (Å²) < 4.78 is 5.35. The van der Waals surface area contributed by atoms with Gasteiger partial charge < -0.3 is 10.3 Å². The zero-order valence-electron chi connectivity index (χ0n) is 12.9. The number of benzene rings is 1. The molecule has 2 atom stereocenters. The number of rotatable bonds is 7. The van der Waals surface area contributed by atoms with Gasteiger partial charge in [-0.25, -0.2) is 0 Å². The molecule has 114 valence electrons. The first-order chi connectivity index (χ1) is 10.1. The van der Waals surface area contributed by atoms with Gasteiger partial charge in [0, 0.05) is 17.4 Å². The molecule has 1 aromatic carbocycles. The minimum absolute atomic E-state index is 0.334. The molecule has 2 N–H and O–H groups in total. The van der Waals surface area contributed by atoms with Gasteiger partial charge in [0.05, 0.1) is 5.75 Å². The van der Waals surface area contributed by atoms with Crippen molar-refractivity contribution in [1.29, 1.82) is 0 Å². The minimum Gasteiger partial charge on any atom is -0.399 e. The molecule has 5 heteroatoms. The van der Waals surface area contributed by atoms with Crippen molar-refractivity contribution in [1.82, 2.24) is 10.1 Å². The molecule has 4 nitrogen and oxygen atoms in total. The Morgan fingerprint density at radius 3 is 2.62 bits per heavy atom. The highest BCUT2D eigenvalue weighted by atomic mass is 32.2. The van der Waals surface area contributed by atoms with E-state index in [4.69, 9.17) is 10.3 Å². The second kappa shape index (κ2) is 7.50. The van der Waals surface area contributed by atoms with E-state index in [1.165, 1.54) is 5.56 Å². The highest BCUT2D eigenvalue weighted by Gasteiger charge is 2.13. The Morgan fingerprint density at radius 1 is 1.24 bits per heavy atom. The van der Waals surface area contributed by atoms with Crippen LogP contribution in [-0.2, 0) is 12.2 Å². The summed E-state index contributed by atoms with van der Waals surface area (Å²) >= 11 is 1.86. The van der Waals surface area contributed by atoms with Gasteiger partial charge in [-0.05, 0) is 30.0 Å². The Morgan fingerprint density at radius 2 is 1.95 bits per heavy atom. The van der Waals surface area contributed by atoms with E-state index in [0.717, 1.165) is 30.1 Å². The van der Waals surface area contributed by atoms with Gasteiger partial charge in [0.15, 0.2) is 5.82 Å². The highest BCUT2D eigenvalue weighted by Crippen LogP contribution is 2.22. The number of thioether (sulfide) groups is 1. The standard InChI is InChI=1S/C16H23N3OS/c1-4-12(3)21-10-15-18-16(20-19-15)9-11(2)13-5-7-14(17)8-6-13/h5-8,11-12H,4,9-10,17H2,1-3H3. The molecule has 0 aliphatic heterocycles. The predicted molar refractivity (Wildman–Crippen MR) is 88.3 cm³/mol. The lowest BCUT2D eigenvalue weighted by Crippen LogP contribution is -2.00. The topological polar surface area (TPSA) is 64.9 Å². The molecule has 2 aromatic rings. The van der Waals surface area contributed by atoms with Crippen molar-refractivity contribution in [3.05, 3.63) is 41.5 Å². The van der Waals surface area contributed by atoms with E-state index in [1.807, 2.05) is 23.9 Å². The quantitative estimate of drug-likeness (QED) is 0.782. The van der Waals surface area contributed by atoms with Crippen molar-refractivity contribution in [2.45, 2.75) is 50.5 Å². The molecule has 0 aliphatic carbocycles. The molecule has 21 heavy (non-hydrogen) atoms. The van der Waals surface area contributed by atoms with Gasteiger partial charge in [-0.2, -0.15) is 16.7 Å². The molecule has 0 aliphatic rings. The van der Waals surface area contributed by atoms with Crippen molar-refractivity contribution in [2.75, 3.05) is 5.73 Å². The van der Waals surface area contributed by atoms with Crippen molar-refractivity contribution < 1.29 is 4.52 Å². The van der Waals surface area contributed by atoms with Gasteiger partial charge in [0.2, 0.25) is 5.89 Å². The molecule has 0 saturated carbocycles. The number of nitrogens with zero attached hydrogens (tertiary/aromatic N) is 2. The zero-order chi connectivity index (χ0) is 15.2. The third kappa shape index (κ3) is 4.77. The molecule has 0 fully saturated rings. The lowest BCUT2D eigenvalue weighted by Gasteiger charge is -2.09. The van der Waals surface area contributed by atoms with Gasteiger partial charge in [0.1, 0.15) is 0 Å². The van der Waals surface area contributed by atoms with Crippen LogP contribution < -0.4 is 5.73 Å². The highest BCUT2D eigenvalue weighted by molar-refractivity contribution is 7.99. The molecule has 0 radical (unpaired) electrons. The zero-order valence-corrected chi connectivity index (χ0v) is 13.7. The predicted octanol–water partition coefficient (Wildman–Crippen LogP) is 4.03. The number of nitrogens with two attached hydrogens (primary N) is 1. The fraction of sp³-hybridized carbons (Fsp3) is 0.500. The largest absolute Gasteiger partial charge is 0.399 e. The number of nitrogen functional groups attached to an aromatic ring is 1. The first-order valence-electron chi connectivity index (χ1n) is 7.37. The smallest absolute Gasteiger partial charge is 0.227 e. The summed E-state index contributed by atoms with van der Waals surface area (Å²) in [5.74, 6) is 2.65. The van der Waals surface area contributed by atoms with Gasteiger partial charge in [-0.3, -0.25) is 0 Å². The van der Waals surface area contributed by atoms with Crippen LogP contribution >= 0.6 is 11.8 Å². The summed E-state index contributed by atoms with van der Waals surface area (Å²) in [6, 6.07) is 7.95. The lowest BCUT2D eigenvalue weighted by atomic mass is 9.98. The van der Waals surface area contributed by atoms with E-state index in [0.29, 0.717) is 17.1 Å². The van der Waals surface area contributed by atoms with Gasteiger partial charge in [0.25, 0.3) is 0 Å². The van der Waals surface area contributed by atoms with Crippen LogP contribution in [-0.4, -0.2) is 15.4 Å². The number of aromatic nitrogens is 2. The maximum Gasteiger partial charge on any atom is 0.227 e. The molecule has 0 bridgehead atoms. The average Bonchev–Trinajstić information content (AvgIpc) is 2.93. The van der Waals surface area contributed by atoms with Gasteiger partial charge in [-0.15, -0.1) is 0 Å². The third-order valence-electron chi connectivity index (χ3n) is 3.57. The molecular formula is C16H23N3OS. The number of hydrogen-bond acceptors (Lipinski definition) is 5. The van der Waals surface area contributed by atoms with Crippen LogP contribution in [0.2, 0.25) is 0 Å². The normalized spacial score (nSPS) is 14.0. The molecular weight excluding hydrogens is 282 g/mol. The number of anilines is 1. The van der Waals surface area contributed by atoms with E-state index in [1.54, 1.807) is 0 Å². The minimum atomic E-state index is 0.334. The van der Waals surface area contributed by atoms with Crippen LogP contribution in [0.25, 0.3) is 0 Å². The Bertz CT molecular complexity index is 553. The second-order valence-corrected chi connectivity index (χ2v) is 6.83. The van der Waals surface area contributed by atoms with Crippen molar-refractivity contribution in [3.8, 4) is 0 Å². The fourth-order valence-electron chi connectivity index (χ4n) is 1.97. The van der Waals surface area contributed by atoms with Gasteiger partial charge in [-0.1, -0.05) is 38.1 Å². The Labute approximate surface area is 130 Å². The van der Waals surface area contributed by atoms with Crippen molar-refractivity contribution in [3.63, 3.8) is 0 Å². The molecule has 2 rings (SSSR count). The molecule has 0 spiro atoms. The Kier molecular flexibility index (Phi) is 5.67. The van der Waals surface area contributed by atoms with E-state index in [9.17, 15) is 0 Å². The monoisotopic (exact) mass is 305 g/mol. The summed E-state index contributed by atoms with van der Waals surface area (Å²) in [5.41, 5.74) is 7.73. The van der Waals surface area contributed by atoms with Crippen LogP contribution in [0.1, 0.15) is 50.4 Å². The van der Waals surface area contributed by atoms with Crippen molar-refractivity contribution >= 4 is 17.4 Å². The summed E-state index contributed by atoms with van der Waals surface area (Å²) in [6.45, 7) is 6.56. The Balaban J connectivity index is 1.91. The first kappa shape index (κ1) is 15.9. The molecule has 2 unspecified atom stereocenters. The summed E-state index contributed by atoms with van der Waals surface area (Å²) in [5, 5.41) is 4.68. The lowest BCUT2D eigenvalue weighted by molar-refractivity contribution is 0.368. The molecule has 1 aromatic heterocycles. The maximum atomic E-state index is 5.71. The van der Waals surface area contributed by atoms with Crippen LogP contribution in [0.5, 0.6) is 0 Å².